The van der Waals surface area contributed by atoms with Crippen molar-refractivity contribution in [2.45, 2.75) is 6.61 Å². The second-order valence-electron chi connectivity index (χ2n) is 13.6. The van der Waals surface area contributed by atoms with E-state index in [4.69, 9.17) is 10.5 Å². The van der Waals surface area contributed by atoms with Crippen molar-refractivity contribution < 1.29 is 63.5 Å². The van der Waals surface area contributed by atoms with Gasteiger partial charge in [-0.15, -0.1) is 0 Å². The molecule has 0 fully saturated rings. The number of hydrogen-bond acceptors (Lipinski definition) is 10. The molecule has 9 N–H and O–H groups in total. The molecule has 17 nitrogen and oxygen atoms in total. The van der Waals surface area contributed by atoms with E-state index in [1.807, 2.05) is 0 Å². The average molecular weight is 851 g/mol. The summed E-state index contributed by atoms with van der Waals surface area (Å²) in [6, 6.07) is 27.8. The van der Waals surface area contributed by atoms with E-state index >= 15 is 0 Å². The first kappa shape index (κ1) is 43.5. The molecule has 3 amide bonds. The van der Waals surface area contributed by atoms with Crippen LogP contribution in [-0.2, 0) is 11.3 Å². The van der Waals surface area contributed by atoms with Gasteiger partial charge in [0.25, 0.3) is 17.7 Å². The molecule has 0 atom stereocenters. The lowest BCUT2D eigenvalue weighted by Crippen LogP contribution is -2.21. The van der Waals surface area contributed by atoms with Gasteiger partial charge in [0.05, 0.1) is 44.5 Å². The van der Waals surface area contributed by atoms with Crippen LogP contribution in [0.25, 0.3) is 22.3 Å². The summed E-state index contributed by atoms with van der Waals surface area (Å²) < 4.78 is 5.37. The zero-order valence-corrected chi connectivity index (χ0v) is 32.8. The van der Waals surface area contributed by atoms with Gasteiger partial charge >= 0.3 is 29.8 Å². The molecule has 0 aliphatic heterocycles. The normalized spacial score (nSPS) is 10.6. The number of nitrogens with one attached hydrogen (secondary N) is 3. The number of carboxylic acids is 4. The van der Waals surface area contributed by atoms with Gasteiger partial charge in [0, 0.05) is 24.1 Å². The highest BCUT2D eigenvalue weighted by Gasteiger charge is 2.23. The SMILES string of the molecule is CNC(=O)c1ccc(-c2ccc(C(=O)OCc3ccc(NC(=O)c4ccc(-c5ccc(C(=O)Nc6ccc(N)cc6)c(C(=O)O)c5)cc4C(=O)O)cc3)c(C(=O)O)c2)cc1C(=O)O. The summed E-state index contributed by atoms with van der Waals surface area (Å²) in [7, 11) is 1.35. The van der Waals surface area contributed by atoms with Gasteiger partial charge in [-0.2, -0.15) is 0 Å². The topological polar surface area (TPSA) is 289 Å². The van der Waals surface area contributed by atoms with Gasteiger partial charge in [-0.25, -0.2) is 24.0 Å². The van der Waals surface area contributed by atoms with Crippen molar-refractivity contribution in [2.75, 3.05) is 23.4 Å². The Balaban J connectivity index is 1.13. The van der Waals surface area contributed by atoms with E-state index < -0.39 is 58.7 Å². The van der Waals surface area contributed by atoms with Crippen molar-refractivity contribution in [2.24, 2.45) is 0 Å². The van der Waals surface area contributed by atoms with E-state index in [2.05, 4.69) is 16.0 Å². The van der Waals surface area contributed by atoms with Gasteiger partial charge < -0.3 is 46.8 Å². The van der Waals surface area contributed by atoms with Gasteiger partial charge in [-0.1, -0.05) is 36.4 Å². The van der Waals surface area contributed by atoms with Crippen LogP contribution in [0.4, 0.5) is 17.1 Å². The average Bonchev–Trinajstić information content (AvgIpc) is 3.28. The summed E-state index contributed by atoms with van der Waals surface area (Å²) >= 11 is 0. The number of ether oxygens (including phenoxy) is 1. The summed E-state index contributed by atoms with van der Waals surface area (Å²) in [4.78, 5) is 100.0. The molecular formula is C46H34N4O13. The van der Waals surface area contributed by atoms with Crippen LogP contribution in [-0.4, -0.2) is 75.0 Å². The molecule has 6 aromatic rings. The van der Waals surface area contributed by atoms with Crippen molar-refractivity contribution in [3.63, 3.8) is 0 Å². The lowest BCUT2D eigenvalue weighted by atomic mass is 9.95. The molecule has 6 aromatic carbocycles. The van der Waals surface area contributed by atoms with E-state index in [1.165, 1.54) is 104 Å². The number of hydrogen-bond donors (Lipinski definition) is 8. The summed E-state index contributed by atoms with van der Waals surface area (Å²) in [5, 5.41) is 47.0. The Labute approximate surface area is 356 Å². The van der Waals surface area contributed by atoms with E-state index in [0.717, 1.165) is 0 Å². The van der Waals surface area contributed by atoms with Gasteiger partial charge in [-0.05, 0) is 113 Å². The molecule has 0 radical (unpaired) electrons. The molecule has 63 heavy (non-hydrogen) atoms. The van der Waals surface area contributed by atoms with Crippen LogP contribution in [0, 0.1) is 0 Å². The van der Waals surface area contributed by atoms with Crippen molar-refractivity contribution in [1.82, 2.24) is 5.32 Å². The first-order valence-electron chi connectivity index (χ1n) is 18.5. The molecule has 0 saturated carbocycles. The Kier molecular flexibility index (Phi) is 12.7. The van der Waals surface area contributed by atoms with E-state index in [1.54, 1.807) is 24.3 Å². The molecule has 0 bridgehead atoms. The maximum atomic E-state index is 13.3. The molecule has 6 rings (SSSR count). The fourth-order valence-electron chi connectivity index (χ4n) is 6.38. The summed E-state index contributed by atoms with van der Waals surface area (Å²) in [6.07, 6.45) is 0. The number of nitrogens with two attached hydrogens (primary N) is 1. The number of carboxylic acid groups (broad SMARTS) is 4. The fraction of sp³-hybridized carbons (Fsp3) is 0.0435. The molecule has 0 heterocycles. The minimum atomic E-state index is -1.45. The fourth-order valence-corrected chi connectivity index (χ4v) is 6.38. The molecule has 0 aliphatic carbocycles. The highest BCUT2D eigenvalue weighted by atomic mass is 16.5. The molecule has 316 valence electrons. The molecule has 0 saturated heterocycles. The highest BCUT2D eigenvalue weighted by molar-refractivity contribution is 6.13. The number of rotatable bonds is 14. The number of nitrogen functional groups attached to an aromatic ring is 1. The quantitative estimate of drug-likeness (QED) is 0.0422. The van der Waals surface area contributed by atoms with Crippen LogP contribution in [0.5, 0.6) is 0 Å². The molecule has 0 unspecified atom stereocenters. The zero-order chi connectivity index (χ0) is 45.5. The monoisotopic (exact) mass is 850 g/mol. The molecule has 0 aromatic heterocycles. The van der Waals surface area contributed by atoms with Gasteiger partial charge in [0.2, 0.25) is 0 Å². The van der Waals surface area contributed by atoms with Crippen LogP contribution in [0.3, 0.4) is 0 Å². The predicted octanol–water partition coefficient (Wildman–Crippen LogP) is 6.62. The van der Waals surface area contributed by atoms with Crippen LogP contribution in [0.15, 0.2) is 121 Å². The third kappa shape index (κ3) is 9.85. The van der Waals surface area contributed by atoms with Crippen molar-refractivity contribution in [3.05, 3.63) is 171 Å². The van der Waals surface area contributed by atoms with Gasteiger partial charge in [-0.3, -0.25) is 14.4 Å². The maximum Gasteiger partial charge on any atom is 0.339 e. The molecule has 0 spiro atoms. The van der Waals surface area contributed by atoms with Gasteiger partial charge in [0.1, 0.15) is 6.61 Å². The summed E-state index contributed by atoms with van der Waals surface area (Å²) in [6.45, 7) is -0.306. The Morgan fingerprint density at radius 2 is 0.778 bits per heavy atom. The Morgan fingerprint density at radius 3 is 1.14 bits per heavy atom. The third-order valence-corrected chi connectivity index (χ3v) is 9.60. The Bertz CT molecular complexity index is 2870. The predicted molar refractivity (Wildman–Crippen MR) is 227 cm³/mol. The first-order chi connectivity index (χ1) is 30.0. The minimum Gasteiger partial charge on any atom is -0.478 e. The summed E-state index contributed by atoms with van der Waals surface area (Å²) in [5.41, 5.74) is 6.06. The number of carbonyl (C=O) groups excluding carboxylic acids is 4. The summed E-state index contributed by atoms with van der Waals surface area (Å²) in [5.74, 6) is -8.75. The third-order valence-electron chi connectivity index (χ3n) is 9.60. The maximum absolute atomic E-state index is 13.3. The van der Waals surface area contributed by atoms with Crippen molar-refractivity contribution in [3.8, 4) is 22.3 Å². The number of benzene rings is 6. The van der Waals surface area contributed by atoms with E-state index in [0.29, 0.717) is 16.9 Å². The minimum absolute atomic E-state index is 0.0959. The lowest BCUT2D eigenvalue weighted by molar-refractivity contribution is 0.0463. The first-order valence-corrected chi connectivity index (χ1v) is 18.5. The molecule has 0 aliphatic rings. The number of esters is 1. The molecular weight excluding hydrogens is 817 g/mol. The van der Waals surface area contributed by atoms with Crippen LogP contribution in [0.1, 0.15) is 88.4 Å². The number of carbonyl (C=O) groups is 8. The zero-order valence-electron chi connectivity index (χ0n) is 32.8. The van der Waals surface area contributed by atoms with E-state index in [9.17, 15) is 58.8 Å². The highest BCUT2D eigenvalue weighted by Crippen LogP contribution is 2.29. The Hall–Kier alpha value is -9.12. The number of anilines is 3. The second-order valence-corrected chi connectivity index (χ2v) is 13.6. The standard InChI is InChI=1S/C46H34N4O13/c1-48-39(51)31-14-4-24(18-35(31)42(54)55)27-7-17-34(38(21-27)45(60)61)46(62)63-22-23-2-10-29(11-3-23)49-40(52)32-15-5-25(19-36(32)43(56)57)26-6-16-33(37(20-26)44(58)59)41(53)50-30-12-8-28(47)9-13-30/h2-21H,22,47H2,1H3,(H,48,51)(H,49,52)(H,50,53)(H,54,55)(H,56,57)(H,58,59)(H,60,61). The number of aromatic carboxylic acids is 4. The molecule has 17 heteroatoms. The van der Waals surface area contributed by atoms with Crippen LogP contribution in [0.2, 0.25) is 0 Å². The largest absolute Gasteiger partial charge is 0.478 e. The lowest BCUT2D eigenvalue weighted by Gasteiger charge is -2.13. The van der Waals surface area contributed by atoms with Crippen molar-refractivity contribution in [1.29, 1.82) is 0 Å². The second kappa shape index (κ2) is 18.4. The van der Waals surface area contributed by atoms with Crippen molar-refractivity contribution >= 4 is 64.6 Å². The van der Waals surface area contributed by atoms with Gasteiger partial charge in [0.15, 0.2) is 0 Å². The smallest absolute Gasteiger partial charge is 0.339 e. The van der Waals surface area contributed by atoms with E-state index in [-0.39, 0.29) is 67.9 Å². The van der Waals surface area contributed by atoms with Crippen LogP contribution < -0.4 is 21.7 Å². The number of amides is 3. The van der Waals surface area contributed by atoms with Crippen LogP contribution >= 0.6 is 0 Å². The Morgan fingerprint density at radius 1 is 0.444 bits per heavy atom.